The van der Waals surface area contributed by atoms with Crippen LogP contribution in [0.25, 0.3) is 0 Å². The standard InChI is InChI=1S/C23H23BrO4/c1-15-5-7-18(8-6-15)28-22-14-27-21-12-19(9-10-20(21)23(22)25)26-13-16-3-2-4-17(24)11-16/h2-8,11,14,19-21H,9-10,12-13H2,1H3. The lowest BCUT2D eigenvalue weighted by molar-refractivity contribution is -0.134. The Balaban J connectivity index is 1.35. The van der Waals surface area contributed by atoms with Crippen LogP contribution < -0.4 is 4.74 Å². The summed E-state index contributed by atoms with van der Waals surface area (Å²) in [5.74, 6) is 0.815. The number of carbonyl (C=O) groups excluding carboxylic acids is 1. The van der Waals surface area contributed by atoms with Crippen molar-refractivity contribution < 1.29 is 19.0 Å². The van der Waals surface area contributed by atoms with Crippen LogP contribution in [0.2, 0.25) is 0 Å². The number of aryl methyl sites for hydroxylation is 1. The lowest BCUT2D eigenvalue weighted by Gasteiger charge is -2.37. The number of benzene rings is 2. The largest absolute Gasteiger partial charge is 0.493 e. The number of Topliss-reactive ketones (excluding diaryl/α,β-unsaturated/α-hetero) is 1. The number of halogens is 1. The fourth-order valence-corrected chi connectivity index (χ4v) is 4.18. The molecule has 0 saturated heterocycles. The summed E-state index contributed by atoms with van der Waals surface area (Å²) in [5, 5.41) is 0. The minimum Gasteiger partial charge on any atom is -0.493 e. The quantitative estimate of drug-likeness (QED) is 0.627. The topological polar surface area (TPSA) is 44.8 Å². The number of allylic oxidation sites excluding steroid dienone is 1. The molecule has 1 heterocycles. The summed E-state index contributed by atoms with van der Waals surface area (Å²) in [7, 11) is 0. The van der Waals surface area contributed by atoms with Crippen molar-refractivity contribution in [2.75, 3.05) is 0 Å². The Labute approximate surface area is 173 Å². The first-order chi connectivity index (χ1) is 13.6. The molecule has 1 aliphatic carbocycles. The number of carbonyl (C=O) groups is 1. The minimum atomic E-state index is -0.156. The third kappa shape index (κ3) is 4.47. The number of fused-ring (bicyclic) bond motifs is 1. The second kappa shape index (κ2) is 8.50. The van der Waals surface area contributed by atoms with Crippen molar-refractivity contribution in [3.8, 4) is 5.75 Å². The van der Waals surface area contributed by atoms with E-state index in [1.54, 1.807) is 0 Å². The zero-order chi connectivity index (χ0) is 19.5. The molecule has 4 rings (SSSR count). The average Bonchev–Trinajstić information content (AvgIpc) is 2.70. The molecular formula is C23H23BrO4. The molecule has 4 nitrogen and oxygen atoms in total. The lowest BCUT2D eigenvalue weighted by Crippen LogP contribution is -2.42. The van der Waals surface area contributed by atoms with E-state index in [4.69, 9.17) is 14.2 Å². The van der Waals surface area contributed by atoms with Gasteiger partial charge in [-0.3, -0.25) is 4.79 Å². The van der Waals surface area contributed by atoms with Crippen LogP contribution in [0.15, 0.2) is 65.0 Å². The Kier molecular flexibility index (Phi) is 5.83. The highest BCUT2D eigenvalue weighted by atomic mass is 79.9. The van der Waals surface area contributed by atoms with E-state index in [9.17, 15) is 4.79 Å². The van der Waals surface area contributed by atoms with Gasteiger partial charge in [-0.25, -0.2) is 0 Å². The molecule has 1 aliphatic heterocycles. The fraction of sp³-hybridized carbons (Fsp3) is 0.348. The molecule has 2 aromatic carbocycles. The van der Waals surface area contributed by atoms with E-state index >= 15 is 0 Å². The van der Waals surface area contributed by atoms with Crippen LogP contribution in [0.5, 0.6) is 5.75 Å². The van der Waals surface area contributed by atoms with Gasteiger partial charge in [0.25, 0.3) is 0 Å². The van der Waals surface area contributed by atoms with Gasteiger partial charge >= 0.3 is 0 Å². The van der Waals surface area contributed by atoms with Crippen molar-refractivity contribution in [3.05, 3.63) is 76.2 Å². The van der Waals surface area contributed by atoms with Crippen molar-refractivity contribution in [2.24, 2.45) is 5.92 Å². The fourth-order valence-electron chi connectivity index (χ4n) is 3.73. The molecule has 1 saturated carbocycles. The summed E-state index contributed by atoms with van der Waals surface area (Å²) in [5.41, 5.74) is 2.28. The third-order valence-corrected chi connectivity index (χ3v) is 5.79. The van der Waals surface area contributed by atoms with E-state index < -0.39 is 0 Å². The van der Waals surface area contributed by atoms with Gasteiger partial charge in [0.2, 0.25) is 11.5 Å². The molecule has 0 aromatic heterocycles. The van der Waals surface area contributed by atoms with Gasteiger partial charge in [-0.1, -0.05) is 45.8 Å². The normalized spacial score (nSPS) is 24.1. The van der Waals surface area contributed by atoms with Crippen molar-refractivity contribution >= 4 is 21.7 Å². The zero-order valence-electron chi connectivity index (χ0n) is 15.8. The smallest absolute Gasteiger partial charge is 0.207 e. The van der Waals surface area contributed by atoms with E-state index in [2.05, 4.69) is 28.1 Å². The highest BCUT2D eigenvalue weighted by Crippen LogP contribution is 2.35. The first kappa shape index (κ1) is 19.2. The number of ketones is 1. The van der Waals surface area contributed by atoms with Crippen LogP contribution in [0.4, 0.5) is 0 Å². The van der Waals surface area contributed by atoms with Gasteiger partial charge in [-0.05, 0) is 49.6 Å². The average molecular weight is 443 g/mol. The Bertz CT molecular complexity index is 874. The molecule has 3 atom stereocenters. The Morgan fingerprint density at radius 3 is 2.75 bits per heavy atom. The van der Waals surface area contributed by atoms with Crippen molar-refractivity contribution in [2.45, 2.75) is 45.0 Å². The van der Waals surface area contributed by atoms with E-state index in [1.165, 1.54) is 6.26 Å². The molecule has 3 unspecified atom stereocenters. The molecule has 0 N–H and O–H groups in total. The van der Waals surface area contributed by atoms with Gasteiger partial charge in [0, 0.05) is 10.9 Å². The van der Waals surface area contributed by atoms with Crippen LogP contribution in [0.3, 0.4) is 0 Å². The summed E-state index contributed by atoms with van der Waals surface area (Å²) in [6.07, 6.45) is 3.75. The Hall–Kier alpha value is -2.11. The van der Waals surface area contributed by atoms with Crippen molar-refractivity contribution in [1.82, 2.24) is 0 Å². The summed E-state index contributed by atoms with van der Waals surface area (Å²) >= 11 is 3.48. The predicted octanol–water partition coefficient (Wildman–Crippen LogP) is 5.33. The molecule has 5 heteroatoms. The molecule has 0 radical (unpaired) electrons. The number of rotatable bonds is 5. The lowest BCUT2D eigenvalue weighted by atomic mass is 9.80. The minimum absolute atomic E-state index is 0.0299. The maximum atomic E-state index is 12.8. The molecule has 146 valence electrons. The summed E-state index contributed by atoms with van der Waals surface area (Å²) in [6.45, 7) is 2.58. The monoisotopic (exact) mass is 442 g/mol. The number of hydrogen-bond acceptors (Lipinski definition) is 4. The molecule has 0 spiro atoms. The molecular weight excluding hydrogens is 420 g/mol. The molecule has 28 heavy (non-hydrogen) atoms. The van der Waals surface area contributed by atoms with E-state index in [1.807, 2.05) is 43.3 Å². The molecule has 0 bridgehead atoms. The summed E-state index contributed by atoms with van der Waals surface area (Å²) in [6, 6.07) is 15.8. The second-order valence-corrected chi connectivity index (χ2v) is 8.33. The van der Waals surface area contributed by atoms with Gasteiger partial charge in [0.1, 0.15) is 18.1 Å². The second-order valence-electron chi connectivity index (χ2n) is 7.42. The van der Waals surface area contributed by atoms with E-state index in [0.717, 1.165) is 34.9 Å². The number of ether oxygens (including phenoxy) is 3. The van der Waals surface area contributed by atoms with Crippen molar-refractivity contribution in [1.29, 1.82) is 0 Å². The van der Waals surface area contributed by atoms with Crippen LogP contribution >= 0.6 is 15.9 Å². The van der Waals surface area contributed by atoms with Crippen LogP contribution in [0, 0.1) is 12.8 Å². The van der Waals surface area contributed by atoms with Crippen LogP contribution in [-0.2, 0) is 20.9 Å². The Morgan fingerprint density at radius 2 is 1.96 bits per heavy atom. The SMILES string of the molecule is Cc1ccc(OC2=COC3CC(OCc4cccc(Br)c4)CCC3C2=O)cc1. The third-order valence-electron chi connectivity index (χ3n) is 5.30. The van der Waals surface area contributed by atoms with Crippen LogP contribution in [-0.4, -0.2) is 18.0 Å². The summed E-state index contributed by atoms with van der Waals surface area (Å²) in [4.78, 5) is 12.8. The highest BCUT2D eigenvalue weighted by molar-refractivity contribution is 9.10. The Morgan fingerprint density at radius 1 is 1.14 bits per heavy atom. The van der Waals surface area contributed by atoms with Crippen molar-refractivity contribution in [3.63, 3.8) is 0 Å². The van der Waals surface area contributed by atoms with E-state index in [0.29, 0.717) is 18.1 Å². The van der Waals surface area contributed by atoms with Crippen LogP contribution in [0.1, 0.15) is 30.4 Å². The van der Waals surface area contributed by atoms with Gasteiger partial charge < -0.3 is 14.2 Å². The maximum Gasteiger partial charge on any atom is 0.207 e. The molecule has 2 aliphatic rings. The van der Waals surface area contributed by atoms with Gasteiger partial charge in [-0.2, -0.15) is 0 Å². The van der Waals surface area contributed by atoms with Gasteiger partial charge in [0.15, 0.2) is 0 Å². The molecule has 2 aromatic rings. The van der Waals surface area contributed by atoms with E-state index in [-0.39, 0.29) is 23.9 Å². The van der Waals surface area contributed by atoms with Gasteiger partial charge in [0.05, 0.1) is 18.6 Å². The first-order valence-corrected chi connectivity index (χ1v) is 10.4. The summed E-state index contributed by atoms with van der Waals surface area (Å²) < 4.78 is 18.8. The molecule has 0 amide bonds. The molecule has 1 fully saturated rings. The van der Waals surface area contributed by atoms with Gasteiger partial charge in [-0.15, -0.1) is 0 Å². The maximum absolute atomic E-state index is 12.8. The predicted molar refractivity (Wildman–Crippen MR) is 110 cm³/mol. The first-order valence-electron chi connectivity index (χ1n) is 9.59. The number of hydrogen-bond donors (Lipinski definition) is 0. The highest BCUT2D eigenvalue weighted by Gasteiger charge is 2.41. The zero-order valence-corrected chi connectivity index (χ0v) is 17.4.